The third-order valence-corrected chi connectivity index (χ3v) is 5.49. The van der Waals surface area contributed by atoms with E-state index in [1.165, 1.54) is 7.11 Å². The van der Waals surface area contributed by atoms with Crippen LogP contribution in [0.2, 0.25) is 0 Å². The maximum atomic E-state index is 12.9. The first-order valence-corrected chi connectivity index (χ1v) is 10.6. The van der Waals surface area contributed by atoms with Gasteiger partial charge in [-0.1, -0.05) is 19.9 Å². The Morgan fingerprint density at radius 3 is 2.24 bits per heavy atom. The number of benzene rings is 2. The minimum Gasteiger partial charge on any atom is -0.497 e. The van der Waals surface area contributed by atoms with Crippen molar-refractivity contribution in [3.05, 3.63) is 48.0 Å². The zero-order valence-corrected chi connectivity index (χ0v) is 19.4. The lowest BCUT2D eigenvalue weighted by atomic mass is 9.95. The molecule has 2 atom stereocenters. The van der Waals surface area contributed by atoms with Crippen LogP contribution >= 0.6 is 0 Å². The molecule has 0 aromatic heterocycles. The molecule has 1 fully saturated rings. The zero-order valence-electron chi connectivity index (χ0n) is 19.4. The number of methoxy groups -OCH3 is 3. The van der Waals surface area contributed by atoms with E-state index in [0.29, 0.717) is 22.9 Å². The number of rotatable bonds is 9. The van der Waals surface area contributed by atoms with Gasteiger partial charge in [0.05, 0.1) is 39.5 Å². The van der Waals surface area contributed by atoms with Crippen molar-refractivity contribution in [1.82, 2.24) is 10.6 Å². The maximum Gasteiger partial charge on any atom is 0.329 e. The van der Waals surface area contributed by atoms with Crippen LogP contribution in [-0.2, 0) is 9.59 Å². The van der Waals surface area contributed by atoms with Gasteiger partial charge >= 0.3 is 6.03 Å². The molecule has 0 unspecified atom stereocenters. The minimum atomic E-state index is -0.946. The summed E-state index contributed by atoms with van der Waals surface area (Å²) in [6, 6.07) is 10.2. The molecular formula is C24H29N3O6. The fraction of sp³-hybridized carbons (Fsp3) is 0.375. The van der Waals surface area contributed by atoms with E-state index in [0.717, 1.165) is 10.5 Å². The van der Waals surface area contributed by atoms with Gasteiger partial charge in [0.15, 0.2) is 11.5 Å². The second-order valence-corrected chi connectivity index (χ2v) is 7.98. The highest BCUT2D eigenvalue weighted by molar-refractivity contribution is 6.22. The van der Waals surface area contributed by atoms with Crippen molar-refractivity contribution in [1.29, 1.82) is 0 Å². The van der Waals surface area contributed by atoms with Crippen LogP contribution in [0, 0.1) is 5.92 Å². The van der Waals surface area contributed by atoms with Crippen molar-refractivity contribution in [3.63, 3.8) is 0 Å². The van der Waals surface area contributed by atoms with Crippen molar-refractivity contribution in [2.75, 3.05) is 26.2 Å². The molecule has 9 heteroatoms. The number of ether oxygens (including phenoxy) is 3. The molecule has 0 radical (unpaired) electrons. The average molecular weight is 456 g/mol. The van der Waals surface area contributed by atoms with Gasteiger partial charge in [-0.2, -0.15) is 0 Å². The Balaban J connectivity index is 1.71. The second kappa shape index (κ2) is 10.2. The molecule has 0 saturated carbocycles. The van der Waals surface area contributed by atoms with Gasteiger partial charge in [0, 0.05) is 0 Å². The van der Waals surface area contributed by atoms with E-state index in [-0.39, 0.29) is 24.3 Å². The summed E-state index contributed by atoms with van der Waals surface area (Å²) >= 11 is 0. The van der Waals surface area contributed by atoms with Crippen molar-refractivity contribution >= 4 is 23.5 Å². The second-order valence-electron chi connectivity index (χ2n) is 7.98. The molecule has 0 bridgehead atoms. The highest BCUT2D eigenvalue weighted by atomic mass is 16.5. The normalized spacial score (nSPS) is 16.4. The molecule has 33 heavy (non-hydrogen) atoms. The van der Waals surface area contributed by atoms with Crippen LogP contribution in [-0.4, -0.2) is 45.2 Å². The van der Waals surface area contributed by atoms with Crippen LogP contribution in [0.15, 0.2) is 42.5 Å². The molecule has 9 nitrogen and oxygen atoms in total. The fourth-order valence-electron chi connectivity index (χ4n) is 3.74. The third kappa shape index (κ3) is 5.19. The van der Waals surface area contributed by atoms with Gasteiger partial charge in [-0.3, -0.25) is 9.59 Å². The molecule has 3 rings (SSSR count). The lowest BCUT2D eigenvalue weighted by Gasteiger charge is -2.24. The van der Waals surface area contributed by atoms with E-state index in [2.05, 4.69) is 10.6 Å². The van der Waals surface area contributed by atoms with Gasteiger partial charge in [-0.15, -0.1) is 0 Å². The topological polar surface area (TPSA) is 106 Å². The van der Waals surface area contributed by atoms with Gasteiger partial charge in [0.25, 0.3) is 5.91 Å². The number of hydrogen-bond donors (Lipinski definition) is 2. The first-order chi connectivity index (χ1) is 15.8. The lowest BCUT2D eigenvalue weighted by molar-refractivity contribution is -0.126. The molecule has 2 aromatic carbocycles. The monoisotopic (exact) mass is 455 g/mol. The summed E-state index contributed by atoms with van der Waals surface area (Å²) in [6.45, 7) is 3.96. The fourth-order valence-corrected chi connectivity index (χ4v) is 3.74. The number of urea groups is 1. The molecule has 2 N–H and O–H groups in total. The summed E-state index contributed by atoms with van der Waals surface area (Å²) in [5.74, 6) is 0.996. The SMILES string of the molecule is COc1ccc(N2C(=O)N[C@H](CC(=O)N[C@@H](c3ccc(OC)c(OC)c3)C(C)C)C2=O)cc1. The average Bonchev–Trinajstić information content (AvgIpc) is 3.09. The summed E-state index contributed by atoms with van der Waals surface area (Å²) in [4.78, 5) is 39.1. The molecule has 176 valence electrons. The predicted molar refractivity (Wildman–Crippen MR) is 123 cm³/mol. The Bertz CT molecular complexity index is 1020. The molecule has 1 heterocycles. The van der Waals surface area contributed by atoms with Crippen LogP contribution in [0.1, 0.15) is 31.9 Å². The van der Waals surface area contributed by atoms with E-state index >= 15 is 0 Å². The number of amides is 4. The Labute approximate surface area is 193 Å². The molecule has 1 aliphatic rings. The molecule has 4 amide bonds. The molecule has 0 aliphatic carbocycles. The first-order valence-electron chi connectivity index (χ1n) is 10.6. The summed E-state index contributed by atoms with van der Waals surface area (Å²) in [5.41, 5.74) is 1.25. The molecular weight excluding hydrogens is 426 g/mol. The van der Waals surface area contributed by atoms with Crippen molar-refractivity contribution < 1.29 is 28.6 Å². The zero-order chi connectivity index (χ0) is 24.1. The van der Waals surface area contributed by atoms with Gasteiger partial charge < -0.3 is 24.8 Å². The van der Waals surface area contributed by atoms with E-state index in [4.69, 9.17) is 14.2 Å². The quantitative estimate of drug-likeness (QED) is 0.563. The maximum absolute atomic E-state index is 12.9. The molecule has 2 aromatic rings. The largest absolute Gasteiger partial charge is 0.497 e. The highest BCUT2D eigenvalue weighted by Crippen LogP contribution is 2.32. The molecule has 0 spiro atoms. The Morgan fingerprint density at radius 1 is 1.00 bits per heavy atom. The standard InChI is InChI=1S/C24H29N3O6/c1-14(2)22(15-6-11-19(32-4)20(12-15)33-5)26-21(28)13-18-23(29)27(24(30)25-18)16-7-9-17(31-3)10-8-16/h6-12,14,18,22H,13H2,1-5H3,(H,25,30)(H,26,28)/t18-,22-/m1/s1. The summed E-state index contributed by atoms with van der Waals surface area (Å²) in [7, 11) is 4.64. The van der Waals surface area contributed by atoms with Gasteiger partial charge in [0.1, 0.15) is 11.8 Å². The number of nitrogens with one attached hydrogen (secondary N) is 2. The van der Waals surface area contributed by atoms with Crippen LogP contribution in [0.4, 0.5) is 10.5 Å². The van der Waals surface area contributed by atoms with Crippen molar-refractivity contribution in [2.24, 2.45) is 5.92 Å². The lowest BCUT2D eigenvalue weighted by Crippen LogP contribution is -2.39. The summed E-state index contributed by atoms with van der Waals surface area (Å²) in [6.07, 6.45) is -0.173. The number of nitrogens with zero attached hydrogens (tertiary/aromatic N) is 1. The molecule has 1 saturated heterocycles. The van der Waals surface area contributed by atoms with E-state index in [9.17, 15) is 14.4 Å². The summed E-state index contributed by atoms with van der Waals surface area (Å²) < 4.78 is 15.8. The smallest absolute Gasteiger partial charge is 0.329 e. The van der Waals surface area contributed by atoms with Crippen LogP contribution in [0.5, 0.6) is 17.2 Å². The number of carbonyl (C=O) groups excluding carboxylic acids is 3. The van der Waals surface area contributed by atoms with E-state index < -0.39 is 18.0 Å². The van der Waals surface area contributed by atoms with Crippen LogP contribution in [0.25, 0.3) is 0 Å². The number of anilines is 1. The Morgan fingerprint density at radius 2 is 1.67 bits per heavy atom. The summed E-state index contributed by atoms with van der Waals surface area (Å²) in [5, 5.41) is 5.58. The van der Waals surface area contributed by atoms with Gasteiger partial charge in [0.2, 0.25) is 5.91 Å². The Kier molecular flexibility index (Phi) is 7.42. The van der Waals surface area contributed by atoms with E-state index in [1.807, 2.05) is 26.0 Å². The van der Waals surface area contributed by atoms with Crippen molar-refractivity contribution in [3.8, 4) is 17.2 Å². The van der Waals surface area contributed by atoms with Crippen LogP contribution in [0.3, 0.4) is 0 Å². The number of imide groups is 1. The van der Waals surface area contributed by atoms with Crippen molar-refractivity contribution in [2.45, 2.75) is 32.4 Å². The minimum absolute atomic E-state index is 0.0664. The number of carbonyl (C=O) groups is 3. The van der Waals surface area contributed by atoms with Gasteiger partial charge in [-0.25, -0.2) is 9.69 Å². The number of hydrogen-bond acceptors (Lipinski definition) is 6. The van der Waals surface area contributed by atoms with E-state index in [1.54, 1.807) is 44.6 Å². The molecule has 1 aliphatic heterocycles. The first kappa shape index (κ1) is 23.9. The predicted octanol–water partition coefficient (Wildman–Crippen LogP) is 3.04. The Hall–Kier alpha value is -3.75. The highest BCUT2D eigenvalue weighted by Gasteiger charge is 2.40. The third-order valence-electron chi connectivity index (χ3n) is 5.49. The van der Waals surface area contributed by atoms with Crippen LogP contribution < -0.4 is 29.7 Å². The van der Waals surface area contributed by atoms with Gasteiger partial charge in [-0.05, 0) is 47.9 Å².